The maximum Gasteiger partial charge on any atom is 0.338 e. The molecule has 1 atom stereocenters. The summed E-state index contributed by atoms with van der Waals surface area (Å²) in [5, 5.41) is 0. The Morgan fingerprint density at radius 2 is 2.09 bits per heavy atom. The van der Waals surface area contributed by atoms with Crippen LogP contribution in [0.1, 0.15) is 23.7 Å². The lowest BCUT2D eigenvalue weighted by Gasteiger charge is -2.34. The Hall–Kier alpha value is -2.06. The summed E-state index contributed by atoms with van der Waals surface area (Å²) in [7, 11) is 2.05. The average Bonchev–Trinajstić information content (AvgIpc) is 2.48. The standard InChI is InChI=1S/C17H21FN2O2/c1-4-5-13(2)22-17(21)14-6-7-16(15(18)12-14)20-10-8-19(3)9-11-20/h1,6-7,12-13H,5,8-11H2,2-3H3/t13-/m0/s1. The van der Waals surface area contributed by atoms with E-state index in [1.165, 1.54) is 6.07 Å². The molecule has 5 heteroatoms. The molecule has 0 saturated carbocycles. The molecule has 1 aromatic carbocycles. The summed E-state index contributed by atoms with van der Waals surface area (Å²) in [6.07, 6.45) is 5.13. The first-order valence-corrected chi connectivity index (χ1v) is 7.38. The van der Waals surface area contributed by atoms with Gasteiger partial charge in [-0.15, -0.1) is 12.3 Å². The monoisotopic (exact) mass is 304 g/mol. The number of benzene rings is 1. The van der Waals surface area contributed by atoms with Crippen LogP contribution in [0.5, 0.6) is 0 Å². The highest BCUT2D eigenvalue weighted by molar-refractivity contribution is 5.90. The molecule has 1 aliphatic rings. The van der Waals surface area contributed by atoms with Gasteiger partial charge in [0.25, 0.3) is 0 Å². The third-order valence-corrected chi connectivity index (χ3v) is 3.74. The molecule has 0 spiro atoms. The molecule has 2 rings (SSSR count). The first kappa shape index (κ1) is 16.3. The Morgan fingerprint density at radius 3 is 2.68 bits per heavy atom. The van der Waals surface area contributed by atoms with Gasteiger partial charge in [-0.05, 0) is 32.2 Å². The lowest BCUT2D eigenvalue weighted by atomic mass is 10.1. The van der Waals surface area contributed by atoms with E-state index in [-0.39, 0.29) is 11.7 Å². The van der Waals surface area contributed by atoms with Gasteiger partial charge in [-0.1, -0.05) is 0 Å². The fourth-order valence-electron chi connectivity index (χ4n) is 2.40. The number of likely N-dealkylation sites (N-methyl/N-ethyl adjacent to an activating group) is 1. The van der Waals surface area contributed by atoms with Gasteiger partial charge in [0.15, 0.2) is 0 Å². The molecular weight excluding hydrogens is 283 g/mol. The van der Waals surface area contributed by atoms with E-state index in [2.05, 4.69) is 10.8 Å². The van der Waals surface area contributed by atoms with Crippen molar-refractivity contribution in [1.29, 1.82) is 0 Å². The summed E-state index contributed by atoms with van der Waals surface area (Å²) in [4.78, 5) is 16.1. The minimum Gasteiger partial charge on any atom is -0.458 e. The van der Waals surface area contributed by atoms with E-state index in [9.17, 15) is 9.18 Å². The maximum absolute atomic E-state index is 14.3. The number of piperazine rings is 1. The van der Waals surface area contributed by atoms with Gasteiger partial charge in [0, 0.05) is 32.6 Å². The van der Waals surface area contributed by atoms with Gasteiger partial charge in [-0.2, -0.15) is 0 Å². The Morgan fingerprint density at radius 1 is 1.41 bits per heavy atom. The molecule has 1 heterocycles. The lowest BCUT2D eigenvalue weighted by Crippen LogP contribution is -2.44. The minimum absolute atomic E-state index is 0.208. The molecule has 0 aromatic heterocycles. The normalized spacial score (nSPS) is 16.9. The van der Waals surface area contributed by atoms with E-state index < -0.39 is 11.8 Å². The van der Waals surface area contributed by atoms with Crippen molar-refractivity contribution in [2.75, 3.05) is 38.1 Å². The van der Waals surface area contributed by atoms with Crippen LogP contribution in [0.25, 0.3) is 0 Å². The molecular formula is C17H21FN2O2. The molecule has 0 unspecified atom stereocenters. The molecule has 4 nitrogen and oxygen atoms in total. The van der Waals surface area contributed by atoms with E-state index in [1.807, 2.05) is 11.9 Å². The van der Waals surface area contributed by atoms with E-state index in [0.29, 0.717) is 12.1 Å². The smallest absolute Gasteiger partial charge is 0.338 e. The van der Waals surface area contributed by atoms with Crippen LogP contribution in [-0.2, 0) is 4.74 Å². The summed E-state index contributed by atoms with van der Waals surface area (Å²) in [6.45, 7) is 5.05. The SMILES string of the molecule is C#CC[C@H](C)OC(=O)c1ccc(N2CCN(C)CC2)c(F)c1. The second-order valence-corrected chi connectivity index (χ2v) is 5.58. The second kappa shape index (κ2) is 7.28. The Balaban J connectivity index is 2.06. The predicted octanol–water partition coefficient (Wildman–Crippen LogP) is 2.15. The molecule has 118 valence electrons. The fourth-order valence-corrected chi connectivity index (χ4v) is 2.40. The topological polar surface area (TPSA) is 32.8 Å². The molecule has 0 N–H and O–H groups in total. The Kier molecular flexibility index (Phi) is 5.40. The highest BCUT2D eigenvalue weighted by Crippen LogP contribution is 2.22. The second-order valence-electron chi connectivity index (χ2n) is 5.58. The van der Waals surface area contributed by atoms with Crippen molar-refractivity contribution in [3.05, 3.63) is 29.6 Å². The highest BCUT2D eigenvalue weighted by Gasteiger charge is 2.19. The summed E-state index contributed by atoms with van der Waals surface area (Å²) < 4.78 is 19.4. The number of esters is 1. The van der Waals surface area contributed by atoms with E-state index in [4.69, 9.17) is 11.2 Å². The van der Waals surface area contributed by atoms with Gasteiger partial charge in [0.05, 0.1) is 11.3 Å². The van der Waals surface area contributed by atoms with Crippen LogP contribution in [0.15, 0.2) is 18.2 Å². The van der Waals surface area contributed by atoms with Crippen molar-refractivity contribution in [1.82, 2.24) is 4.90 Å². The van der Waals surface area contributed by atoms with Crippen LogP contribution in [-0.4, -0.2) is 50.2 Å². The Labute approximate surface area is 130 Å². The predicted molar refractivity (Wildman–Crippen MR) is 84.4 cm³/mol. The van der Waals surface area contributed by atoms with Crippen LogP contribution in [0.2, 0.25) is 0 Å². The zero-order chi connectivity index (χ0) is 16.1. The van der Waals surface area contributed by atoms with E-state index in [0.717, 1.165) is 26.2 Å². The van der Waals surface area contributed by atoms with Crippen molar-refractivity contribution in [2.24, 2.45) is 0 Å². The maximum atomic E-state index is 14.3. The highest BCUT2D eigenvalue weighted by atomic mass is 19.1. The molecule has 0 aliphatic carbocycles. The van der Waals surface area contributed by atoms with E-state index in [1.54, 1.807) is 19.1 Å². The number of halogens is 1. The Bertz CT molecular complexity index is 575. The van der Waals surface area contributed by atoms with Crippen molar-refractivity contribution < 1.29 is 13.9 Å². The van der Waals surface area contributed by atoms with Gasteiger partial charge in [0.1, 0.15) is 11.9 Å². The zero-order valence-electron chi connectivity index (χ0n) is 13.0. The number of terminal acetylenes is 1. The number of hydrogen-bond acceptors (Lipinski definition) is 4. The molecule has 1 saturated heterocycles. The largest absolute Gasteiger partial charge is 0.458 e. The summed E-state index contributed by atoms with van der Waals surface area (Å²) in [5.74, 6) is 1.48. The van der Waals surface area contributed by atoms with Crippen molar-refractivity contribution in [2.45, 2.75) is 19.4 Å². The number of hydrogen-bond donors (Lipinski definition) is 0. The fraction of sp³-hybridized carbons (Fsp3) is 0.471. The summed E-state index contributed by atoms with van der Waals surface area (Å²) >= 11 is 0. The average molecular weight is 304 g/mol. The molecule has 1 aromatic rings. The summed E-state index contributed by atoms with van der Waals surface area (Å²) in [5.41, 5.74) is 0.737. The molecule has 0 radical (unpaired) electrons. The number of nitrogens with zero attached hydrogens (tertiary/aromatic N) is 2. The third kappa shape index (κ3) is 3.99. The molecule has 1 fully saturated rings. The zero-order valence-corrected chi connectivity index (χ0v) is 13.0. The van der Waals surface area contributed by atoms with Crippen molar-refractivity contribution >= 4 is 11.7 Å². The van der Waals surface area contributed by atoms with Crippen LogP contribution >= 0.6 is 0 Å². The van der Waals surface area contributed by atoms with Gasteiger partial charge >= 0.3 is 5.97 Å². The lowest BCUT2D eigenvalue weighted by molar-refractivity contribution is 0.0351. The number of ether oxygens (including phenoxy) is 1. The van der Waals surface area contributed by atoms with Crippen LogP contribution in [0, 0.1) is 18.2 Å². The minimum atomic E-state index is -0.549. The quantitative estimate of drug-likeness (QED) is 0.630. The molecule has 1 aliphatic heterocycles. The van der Waals surface area contributed by atoms with Crippen molar-refractivity contribution in [3.63, 3.8) is 0 Å². The molecule has 0 amide bonds. The summed E-state index contributed by atoms with van der Waals surface area (Å²) in [6, 6.07) is 4.48. The van der Waals surface area contributed by atoms with Gasteiger partial charge in [-0.25, -0.2) is 9.18 Å². The first-order chi connectivity index (χ1) is 10.5. The van der Waals surface area contributed by atoms with Crippen LogP contribution in [0.3, 0.4) is 0 Å². The number of carbonyl (C=O) groups excluding carboxylic acids is 1. The van der Waals surface area contributed by atoms with Crippen LogP contribution in [0.4, 0.5) is 10.1 Å². The van der Waals surface area contributed by atoms with Crippen molar-refractivity contribution in [3.8, 4) is 12.3 Å². The third-order valence-electron chi connectivity index (χ3n) is 3.74. The van der Waals surface area contributed by atoms with Gasteiger partial charge < -0.3 is 14.5 Å². The van der Waals surface area contributed by atoms with E-state index >= 15 is 0 Å². The molecule has 22 heavy (non-hydrogen) atoms. The number of anilines is 1. The van der Waals surface area contributed by atoms with Gasteiger partial charge in [0.2, 0.25) is 0 Å². The van der Waals surface area contributed by atoms with Crippen LogP contribution < -0.4 is 4.90 Å². The van der Waals surface area contributed by atoms with Gasteiger partial charge in [-0.3, -0.25) is 0 Å². The molecule has 0 bridgehead atoms. The first-order valence-electron chi connectivity index (χ1n) is 7.38. The number of rotatable bonds is 4. The number of carbonyl (C=O) groups is 1.